The average Bonchev–Trinajstić information content (AvgIpc) is 2.40. The van der Waals surface area contributed by atoms with E-state index in [2.05, 4.69) is 22.9 Å². The Bertz CT molecular complexity index is 420. The Labute approximate surface area is 134 Å². The molecular weight excluding hydrogens is 342 g/mol. The van der Waals surface area contributed by atoms with Crippen molar-refractivity contribution in [2.75, 3.05) is 19.7 Å². The Morgan fingerprint density at radius 3 is 2.60 bits per heavy atom. The number of amides is 1. The molecule has 0 bridgehead atoms. The van der Waals surface area contributed by atoms with Crippen LogP contribution >= 0.6 is 27.5 Å². The van der Waals surface area contributed by atoms with Gasteiger partial charge < -0.3 is 10.0 Å². The second-order valence-corrected chi connectivity index (χ2v) is 6.09. The first-order chi connectivity index (χ1) is 9.58. The molecule has 0 aliphatic heterocycles. The van der Waals surface area contributed by atoms with Crippen molar-refractivity contribution in [1.82, 2.24) is 4.90 Å². The normalized spacial score (nSPS) is 10.6. The summed E-state index contributed by atoms with van der Waals surface area (Å²) in [4.78, 5) is 14.1. The average molecular weight is 363 g/mol. The van der Waals surface area contributed by atoms with Crippen molar-refractivity contribution in [3.8, 4) is 0 Å². The molecule has 0 heterocycles. The van der Waals surface area contributed by atoms with Gasteiger partial charge in [0.2, 0.25) is 0 Å². The van der Waals surface area contributed by atoms with Gasteiger partial charge in [0.15, 0.2) is 0 Å². The summed E-state index contributed by atoms with van der Waals surface area (Å²) in [7, 11) is 0. The Kier molecular flexibility index (Phi) is 8.19. The molecule has 3 nitrogen and oxygen atoms in total. The number of carbonyl (C=O) groups is 1. The van der Waals surface area contributed by atoms with E-state index in [1.807, 2.05) is 0 Å². The van der Waals surface area contributed by atoms with E-state index >= 15 is 0 Å². The molecule has 1 N–H and O–H groups in total. The van der Waals surface area contributed by atoms with Crippen molar-refractivity contribution >= 4 is 33.4 Å². The first-order valence-electron chi connectivity index (χ1n) is 6.94. The van der Waals surface area contributed by atoms with Crippen LogP contribution in [0.1, 0.15) is 43.0 Å². The standard InChI is InChI=1S/C15H21BrClNO2/c1-2-3-4-5-6-18(7-8-19)15(20)12-9-13(16)11-14(17)10-12/h9-11,19H,2-8H2,1H3. The molecule has 0 unspecified atom stereocenters. The van der Waals surface area contributed by atoms with Gasteiger partial charge in [-0.05, 0) is 24.6 Å². The van der Waals surface area contributed by atoms with Gasteiger partial charge in [-0.1, -0.05) is 53.7 Å². The Hall–Kier alpha value is -0.580. The first kappa shape index (κ1) is 17.5. The van der Waals surface area contributed by atoms with E-state index in [0.717, 1.165) is 23.7 Å². The van der Waals surface area contributed by atoms with Crippen LogP contribution in [0, 0.1) is 0 Å². The minimum Gasteiger partial charge on any atom is -0.395 e. The zero-order valence-corrected chi connectivity index (χ0v) is 14.1. The van der Waals surface area contributed by atoms with Crippen molar-refractivity contribution in [1.29, 1.82) is 0 Å². The lowest BCUT2D eigenvalue weighted by atomic mass is 10.1. The minimum absolute atomic E-state index is 0.0265. The molecule has 0 saturated heterocycles. The molecule has 1 rings (SSSR count). The number of rotatable bonds is 8. The van der Waals surface area contributed by atoms with Crippen LogP contribution in [0.15, 0.2) is 22.7 Å². The van der Waals surface area contributed by atoms with Crippen LogP contribution in [0.5, 0.6) is 0 Å². The Morgan fingerprint density at radius 2 is 2.00 bits per heavy atom. The van der Waals surface area contributed by atoms with Gasteiger partial charge in [-0.2, -0.15) is 0 Å². The molecule has 112 valence electrons. The third kappa shape index (κ3) is 5.81. The maximum absolute atomic E-state index is 12.4. The van der Waals surface area contributed by atoms with Crippen molar-refractivity contribution in [3.63, 3.8) is 0 Å². The summed E-state index contributed by atoms with van der Waals surface area (Å²) in [6.07, 6.45) is 4.39. The van der Waals surface area contributed by atoms with Gasteiger partial charge in [-0.3, -0.25) is 4.79 Å². The highest BCUT2D eigenvalue weighted by molar-refractivity contribution is 9.10. The number of benzene rings is 1. The van der Waals surface area contributed by atoms with E-state index < -0.39 is 0 Å². The van der Waals surface area contributed by atoms with Gasteiger partial charge in [0.1, 0.15) is 0 Å². The molecule has 0 saturated carbocycles. The van der Waals surface area contributed by atoms with E-state index in [1.54, 1.807) is 23.1 Å². The van der Waals surface area contributed by atoms with Crippen LogP contribution in [0.3, 0.4) is 0 Å². The van der Waals surface area contributed by atoms with E-state index in [4.69, 9.17) is 16.7 Å². The molecule has 20 heavy (non-hydrogen) atoms. The van der Waals surface area contributed by atoms with Gasteiger partial charge in [-0.15, -0.1) is 0 Å². The molecule has 1 aromatic rings. The maximum atomic E-state index is 12.4. The van der Waals surface area contributed by atoms with Gasteiger partial charge in [0.25, 0.3) is 5.91 Å². The number of halogens is 2. The van der Waals surface area contributed by atoms with Crippen LogP contribution in [0.25, 0.3) is 0 Å². The molecule has 0 spiro atoms. The van der Waals surface area contributed by atoms with Gasteiger partial charge in [-0.25, -0.2) is 0 Å². The highest BCUT2D eigenvalue weighted by Gasteiger charge is 2.16. The SMILES string of the molecule is CCCCCCN(CCO)C(=O)c1cc(Cl)cc(Br)c1. The number of unbranched alkanes of at least 4 members (excludes halogenated alkanes) is 3. The molecule has 0 radical (unpaired) electrons. The Morgan fingerprint density at radius 1 is 1.25 bits per heavy atom. The van der Waals surface area contributed by atoms with E-state index in [1.165, 1.54) is 6.42 Å². The summed E-state index contributed by atoms with van der Waals surface area (Å²) < 4.78 is 0.781. The molecule has 0 aromatic heterocycles. The third-order valence-electron chi connectivity index (χ3n) is 3.05. The van der Waals surface area contributed by atoms with Crippen LogP contribution in [-0.4, -0.2) is 35.6 Å². The van der Waals surface area contributed by atoms with Crippen molar-refractivity contribution in [2.45, 2.75) is 32.6 Å². The monoisotopic (exact) mass is 361 g/mol. The number of carbonyl (C=O) groups excluding carboxylic acids is 1. The number of nitrogens with zero attached hydrogens (tertiary/aromatic N) is 1. The highest BCUT2D eigenvalue weighted by Crippen LogP contribution is 2.21. The lowest BCUT2D eigenvalue weighted by Gasteiger charge is -2.22. The number of hydrogen-bond acceptors (Lipinski definition) is 2. The first-order valence-corrected chi connectivity index (χ1v) is 8.11. The lowest BCUT2D eigenvalue weighted by Crippen LogP contribution is -2.34. The summed E-state index contributed by atoms with van der Waals surface area (Å²) >= 11 is 9.31. The second-order valence-electron chi connectivity index (χ2n) is 4.73. The minimum atomic E-state index is -0.0845. The topological polar surface area (TPSA) is 40.5 Å². The molecule has 1 aromatic carbocycles. The van der Waals surface area contributed by atoms with E-state index in [0.29, 0.717) is 23.7 Å². The van der Waals surface area contributed by atoms with E-state index in [-0.39, 0.29) is 12.5 Å². The molecule has 0 atom stereocenters. The van der Waals surface area contributed by atoms with E-state index in [9.17, 15) is 4.79 Å². The maximum Gasteiger partial charge on any atom is 0.254 e. The van der Waals surface area contributed by atoms with Crippen LogP contribution in [0.4, 0.5) is 0 Å². The largest absolute Gasteiger partial charge is 0.395 e. The zero-order chi connectivity index (χ0) is 15.0. The third-order valence-corrected chi connectivity index (χ3v) is 3.72. The van der Waals surface area contributed by atoms with Gasteiger partial charge in [0, 0.05) is 28.1 Å². The van der Waals surface area contributed by atoms with Crippen molar-refractivity contribution < 1.29 is 9.90 Å². The molecule has 0 aliphatic rings. The second kappa shape index (κ2) is 9.37. The number of hydrogen-bond donors (Lipinski definition) is 1. The van der Waals surface area contributed by atoms with Crippen LogP contribution in [0.2, 0.25) is 5.02 Å². The molecule has 5 heteroatoms. The molecular formula is C15H21BrClNO2. The lowest BCUT2D eigenvalue weighted by molar-refractivity contribution is 0.0718. The summed E-state index contributed by atoms with van der Waals surface area (Å²) in [5.74, 6) is -0.0845. The van der Waals surface area contributed by atoms with Gasteiger partial charge >= 0.3 is 0 Å². The fourth-order valence-electron chi connectivity index (χ4n) is 2.02. The smallest absolute Gasteiger partial charge is 0.254 e. The molecule has 0 fully saturated rings. The molecule has 0 aliphatic carbocycles. The zero-order valence-electron chi connectivity index (χ0n) is 11.7. The fourth-order valence-corrected chi connectivity index (χ4v) is 2.89. The summed E-state index contributed by atoms with van der Waals surface area (Å²) in [6, 6.07) is 5.16. The molecule has 1 amide bonds. The Balaban J connectivity index is 2.71. The van der Waals surface area contributed by atoms with Crippen LogP contribution in [-0.2, 0) is 0 Å². The number of aliphatic hydroxyl groups excluding tert-OH is 1. The summed E-state index contributed by atoms with van der Waals surface area (Å²) in [6.45, 7) is 3.15. The quantitative estimate of drug-likeness (QED) is 0.707. The summed E-state index contributed by atoms with van der Waals surface area (Å²) in [5, 5.41) is 9.64. The van der Waals surface area contributed by atoms with Crippen LogP contribution < -0.4 is 0 Å². The van der Waals surface area contributed by atoms with Crippen molar-refractivity contribution in [2.24, 2.45) is 0 Å². The van der Waals surface area contributed by atoms with Gasteiger partial charge in [0.05, 0.1) is 6.61 Å². The fraction of sp³-hybridized carbons (Fsp3) is 0.533. The predicted molar refractivity (Wildman–Crippen MR) is 86.3 cm³/mol. The highest BCUT2D eigenvalue weighted by atomic mass is 79.9. The van der Waals surface area contributed by atoms with Crippen molar-refractivity contribution in [3.05, 3.63) is 33.3 Å². The predicted octanol–water partition coefficient (Wildman–Crippen LogP) is 4.12. The number of aliphatic hydroxyl groups is 1. The summed E-state index contributed by atoms with van der Waals surface area (Å²) in [5.41, 5.74) is 0.549.